The number of hydrogen-bond donors (Lipinski definition) is 1. The van der Waals surface area contributed by atoms with Crippen molar-refractivity contribution in [2.45, 2.75) is 20.4 Å². The molecule has 0 unspecified atom stereocenters. The molecule has 3 aromatic rings. The average Bonchev–Trinajstić information content (AvgIpc) is 3.23. The summed E-state index contributed by atoms with van der Waals surface area (Å²) in [7, 11) is 1.33. The summed E-state index contributed by atoms with van der Waals surface area (Å²) in [6.07, 6.45) is 1.63. The number of carbonyl (C=O) groups is 3. The minimum absolute atomic E-state index is 0.0433. The number of ether oxygens (including phenoxy) is 1. The molecule has 1 aromatic heterocycles. The maximum atomic E-state index is 13.1. The van der Waals surface area contributed by atoms with Gasteiger partial charge in [0, 0.05) is 17.1 Å². The van der Waals surface area contributed by atoms with Crippen LogP contribution in [0.1, 0.15) is 32.9 Å². The number of benzene rings is 2. The molecule has 1 saturated heterocycles. The average molecular weight is 447 g/mol. The van der Waals surface area contributed by atoms with E-state index >= 15 is 0 Å². The predicted molar refractivity (Wildman–Crippen MR) is 120 cm³/mol. The van der Waals surface area contributed by atoms with E-state index < -0.39 is 17.9 Å². The van der Waals surface area contributed by atoms with Gasteiger partial charge in [0.2, 0.25) is 0 Å². The Morgan fingerprint density at radius 2 is 1.82 bits per heavy atom. The van der Waals surface area contributed by atoms with Crippen LogP contribution < -0.4 is 5.32 Å². The van der Waals surface area contributed by atoms with Gasteiger partial charge in [0.25, 0.3) is 5.91 Å². The van der Waals surface area contributed by atoms with Crippen LogP contribution in [-0.4, -0.2) is 34.5 Å². The Hall–Kier alpha value is -4.20. The minimum atomic E-state index is -0.532. The molecule has 8 heteroatoms. The van der Waals surface area contributed by atoms with E-state index in [1.165, 1.54) is 31.4 Å². The van der Waals surface area contributed by atoms with Crippen LogP contribution in [0, 0.1) is 19.7 Å². The van der Waals surface area contributed by atoms with Crippen LogP contribution in [0.25, 0.3) is 11.8 Å². The van der Waals surface area contributed by atoms with Crippen LogP contribution in [0.5, 0.6) is 0 Å². The fourth-order valence-electron chi connectivity index (χ4n) is 3.86. The lowest BCUT2D eigenvalue weighted by atomic mass is 10.2. The fourth-order valence-corrected chi connectivity index (χ4v) is 3.86. The highest BCUT2D eigenvalue weighted by Crippen LogP contribution is 2.25. The summed E-state index contributed by atoms with van der Waals surface area (Å²) in [4.78, 5) is 38.2. The van der Waals surface area contributed by atoms with Crippen molar-refractivity contribution in [1.82, 2.24) is 14.8 Å². The molecule has 1 fully saturated rings. The molecule has 7 nitrogen and oxygen atoms in total. The number of amides is 3. The van der Waals surface area contributed by atoms with Gasteiger partial charge in [-0.25, -0.2) is 14.0 Å². The Kier molecular flexibility index (Phi) is 5.83. The summed E-state index contributed by atoms with van der Waals surface area (Å²) in [5.41, 5.74) is 4.48. The number of esters is 1. The monoisotopic (exact) mass is 447 g/mol. The SMILES string of the molecule is COC(=O)c1cccc(-n2c(C)cc(/C=C3/NC(=O)N(Cc4ccc(F)cc4)C3=O)c2C)c1. The number of halogens is 1. The van der Waals surface area contributed by atoms with Crippen molar-refractivity contribution < 1.29 is 23.5 Å². The van der Waals surface area contributed by atoms with Gasteiger partial charge in [0.1, 0.15) is 11.5 Å². The molecule has 1 N–H and O–H groups in total. The first-order valence-corrected chi connectivity index (χ1v) is 10.2. The van der Waals surface area contributed by atoms with Gasteiger partial charge in [-0.3, -0.25) is 9.69 Å². The summed E-state index contributed by atoms with van der Waals surface area (Å²) in [5, 5.41) is 2.62. The van der Waals surface area contributed by atoms with Crippen molar-refractivity contribution in [2.75, 3.05) is 7.11 Å². The number of hydrogen-bond acceptors (Lipinski definition) is 4. The Morgan fingerprint density at radius 1 is 1.09 bits per heavy atom. The number of urea groups is 1. The lowest BCUT2D eigenvalue weighted by Gasteiger charge is -2.11. The molecule has 1 aliphatic heterocycles. The molecule has 4 rings (SSSR count). The standard InChI is InChI=1S/C25H22FN3O4/c1-15-11-19(16(2)29(15)21-6-4-5-18(12-21)24(31)33-3)13-22-23(30)28(25(32)27-22)14-17-7-9-20(26)10-8-17/h4-13H,14H2,1-3H3,(H,27,32)/b22-13+. The third kappa shape index (κ3) is 4.27. The van der Waals surface area contributed by atoms with E-state index in [0.29, 0.717) is 11.1 Å². The van der Waals surface area contributed by atoms with Crippen molar-refractivity contribution >= 4 is 24.0 Å². The summed E-state index contributed by atoms with van der Waals surface area (Å²) in [6, 6.07) is 14.1. The second-order valence-electron chi connectivity index (χ2n) is 7.71. The maximum Gasteiger partial charge on any atom is 0.337 e. The highest BCUT2D eigenvalue weighted by molar-refractivity contribution is 6.14. The Bertz CT molecular complexity index is 1290. The van der Waals surface area contributed by atoms with E-state index in [1.54, 1.807) is 24.3 Å². The Balaban J connectivity index is 1.62. The zero-order chi connectivity index (χ0) is 23.7. The molecule has 2 aromatic carbocycles. The minimum Gasteiger partial charge on any atom is -0.465 e. The van der Waals surface area contributed by atoms with Crippen molar-refractivity contribution in [2.24, 2.45) is 0 Å². The number of methoxy groups -OCH3 is 1. The van der Waals surface area contributed by atoms with Crippen LogP contribution >= 0.6 is 0 Å². The summed E-state index contributed by atoms with van der Waals surface area (Å²) >= 11 is 0. The normalized spacial score (nSPS) is 14.7. The first-order valence-electron chi connectivity index (χ1n) is 10.2. The number of aromatic nitrogens is 1. The molecule has 33 heavy (non-hydrogen) atoms. The number of carbonyl (C=O) groups excluding carboxylic acids is 3. The number of nitrogens with zero attached hydrogens (tertiary/aromatic N) is 2. The molecule has 168 valence electrons. The smallest absolute Gasteiger partial charge is 0.337 e. The van der Waals surface area contributed by atoms with Crippen molar-refractivity contribution in [3.05, 3.63) is 94.2 Å². The van der Waals surface area contributed by atoms with E-state index in [4.69, 9.17) is 4.74 Å². The molecule has 0 saturated carbocycles. The largest absolute Gasteiger partial charge is 0.465 e. The topological polar surface area (TPSA) is 80.6 Å². The molecule has 0 atom stereocenters. The molecule has 3 amide bonds. The van der Waals surface area contributed by atoms with Crippen LogP contribution in [-0.2, 0) is 16.1 Å². The second-order valence-corrected chi connectivity index (χ2v) is 7.71. The molecule has 0 radical (unpaired) electrons. The van der Waals surface area contributed by atoms with Gasteiger partial charge in [-0.05, 0) is 67.4 Å². The van der Waals surface area contributed by atoms with Crippen molar-refractivity contribution in [1.29, 1.82) is 0 Å². The van der Waals surface area contributed by atoms with Gasteiger partial charge >= 0.3 is 12.0 Å². The number of imide groups is 1. The second kappa shape index (κ2) is 8.74. The van der Waals surface area contributed by atoms with Gasteiger partial charge < -0.3 is 14.6 Å². The highest BCUT2D eigenvalue weighted by Gasteiger charge is 2.33. The van der Waals surface area contributed by atoms with Crippen LogP contribution in [0.3, 0.4) is 0 Å². The molecule has 0 bridgehead atoms. The zero-order valence-electron chi connectivity index (χ0n) is 18.4. The van der Waals surface area contributed by atoms with Crippen molar-refractivity contribution in [3.63, 3.8) is 0 Å². The number of aryl methyl sites for hydroxylation is 1. The molecule has 2 heterocycles. The zero-order valence-corrected chi connectivity index (χ0v) is 18.4. The summed E-state index contributed by atoms with van der Waals surface area (Å²) in [5.74, 6) is -1.27. The van der Waals surface area contributed by atoms with Gasteiger partial charge in [0.15, 0.2) is 0 Å². The van der Waals surface area contributed by atoms with E-state index in [9.17, 15) is 18.8 Å². The van der Waals surface area contributed by atoms with Gasteiger partial charge in [-0.1, -0.05) is 18.2 Å². The van der Waals surface area contributed by atoms with Gasteiger partial charge in [-0.15, -0.1) is 0 Å². The van der Waals surface area contributed by atoms with E-state index in [1.807, 2.05) is 30.5 Å². The molecule has 0 aliphatic carbocycles. The van der Waals surface area contributed by atoms with Crippen molar-refractivity contribution in [3.8, 4) is 5.69 Å². The van der Waals surface area contributed by atoms with Crippen LogP contribution in [0.2, 0.25) is 0 Å². The molecule has 1 aliphatic rings. The Labute approximate surface area is 190 Å². The third-order valence-electron chi connectivity index (χ3n) is 5.51. The van der Waals surface area contributed by atoms with Crippen LogP contribution in [0.15, 0.2) is 60.3 Å². The lowest BCUT2D eigenvalue weighted by molar-refractivity contribution is -0.123. The number of rotatable bonds is 5. The van der Waals surface area contributed by atoms with Gasteiger partial charge in [0.05, 0.1) is 19.2 Å². The quantitative estimate of drug-likeness (QED) is 0.363. The molecular weight excluding hydrogens is 425 g/mol. The summed E-state index contributed by atoms with van der Waals surface area (Å²) in [6.45, 7) is 3.85. The highest BCUT2D eigenvalue weighted by atomic mass is 19.1. The lowest BCUT2D eigenvalue weighted by Crippen LogP contribution is -2.30. The van der Waals surface area contributed by atoms with E-state index in [-0.39, 0.29) is 18.1 Å². The first kappa shape index (κ1) is 22.0. The van der Waals surface area contributed by atoms with Crippen LogP contribution in [0.4, 0.5) is 9.18 Å². The Morgan fingerprint density at radius 3 is 2.52 bits per heavy atom. The third-order valence-corrected chi connectivity index (χ3v) is 5.51. The number of nitrogens with one attached hydrogen (secondary N) is 1. The predicted octanol–water partition coefficient (Wildman–Crippen LogP) is 4.11. The molecule has 0 spiro atoms. The van der Waals surface area contributed by atoms with E-state index in [2.05, 4.69) is 5.32 Å². The van der Waals surface area contributed by atoms with E-state index in [0.717, 1.165) is 27.5 Å². The fraction of sp³-hybridized carbons (Fsp3) is 0.160. The summed E-state index contributed by atoms with van der Waals surface area (Å²) < 4.78 is 19.9. The maximum absolute atomic E-state index is 13.1. The first-order chi connectivity index (χ1) is 15.8. The van der Waals surface area contributed by atoms with Gasteiger partial charge in [-0.2, -0.15) is 0 Å². The molecular formula is C25H22FN3O4.